The largest absolute Gasteiger partial charge is 0.344 e. The van der Waals surface area contributed by atoms with E-state index in [1.165, 1.54) is 0 Å². The number of H-pyrrole nitrogens is 1. The van der Waals surface area contributed by atoms with Crippen LogP contribution in [-0.4, -0.2) is 25.6 Å². The maximum atomic E-state index is 12.2. The Morgan fingerprint density at radius 3 is 2.79 bits per heavy atom. The molecule has 0 saturated carbocycles. The van der Waals surface area contributed by atoms with Gasteiger partial charge in [0, 0.05) is 18.1 Å². The minimum Gasteiger partial charge on any atom is -0.344 e. The fraction of sp³-hybridized carbons (Fsp3) is 0.125. The number of rotatable bonds is 5. The van der Waals surface area contributed by atoms with Crippen LogP contribution in [0, 0.1) is 10.1 Å². The third-order valence-electron chi connectivity index (χ3n) is 3.66. The molecule has 1 unspecified atom stereocenters. The zero-order valence-corrected chi connectivity index (χ0v) is 12.8. The number of nitrogens with one attached hydrogen (secondary N) is 2. The number of nitro groups is 1. The molecule has 1 amide bonds. The van der Waals surface area contributed by atoms with E-state index in [1.807, 2.05) is 60.3 Å². The molecular formula is C16H15N5O3. The van der Waals surface area contributed by atoms with Gasteiger partial charge in [-0.05, 0) is 36.8 Å². The summed E-state index contributed by atoms with van der Waals surface area (Å²) in [4.78, 5) is 22.5. The standard InChI is InChI=1S/C16H15N5O3/c1-11(18-16(22)15-14(21(23)24)10-17-19-15)12-5-4-6-13(9-12)20-7-2-3-8-20/h2-11H,1H3,(H,17,19)(H,18,22). The molecule has 8 heteroatoms. The Labute approximate surface area is 137 Å². The van der Waals surface area contributed by atoms with E-state index >= 15 is 0 Å². The Morgan fingerprint density at radius 1 is 1.33 bits per heavy atom. The highest BCUT2D eigenvalue weighted by atomic mass is 16.6. The molecule has 2 aromatic heterocycles. The van der Waals surface area contributed by atoms with Crippen LogP contribution in [0.4, 0.5) is 5.69 Å². The molecular weight excluding hydrogens is 310 g/mol. The number of benzene rings is 1. The average Bonchev–Trinajstić information content (AvgIpc) is 3.26. The lowest BCUT2D eigenvalue weighted by Crippen LogP contribution is -2.27. The van der Waals surface area contributed by atoms with Crippen molar-refractivity contribution >= 4 is 11.6 Å². The van der Waals surface area contributed by atoms with Gasteiger partial charge in [-0.15, -0.1) is 0 Å². The van der Waals surface area contributed by atoms with E-state index in [4.69, 9.17) is 0 Å². The van der Waals surface area contributed by atoms with Gasteiger partial charge in [-0.25, -0.2) is 0 Å². The first-order chi connectivity index (χ1) is 11.6. The first-order valence-corrected chi connectivity index (χ1v) is 7.28. The zero-order valence-electron chi connectivity index (χ0n) is 12.8. The van der Waals surface area contributed by atoms with Crippen molar-refractivity contribution < 1.29 is 9.72 Å². The van der Waals surface area contributed by atoms with Crippen LogP contribution in [0.3, 0.4) is 0 Å². The number of aromatic nitrogens is 3. The second kappa shape index (κ2) is 6.37. The first-order valence-electron chi connectivity index (χ1n) is 7.28. The SMILES string of the molecule is CC(NC(=O)c1[nH]ncc1[N+](=O)[O-])c1cccc(-n2cccc2)c1. The summed E-state index contributed by atoms with van der Waals surface area (Å²) in [6.45, 7) is 1.81. The molecule has 8 nitrogen and oxygen atoms in total. The first kappa shape index (κ1) is 15.5. The third kappa shape index (κ3) is 3.02. The minimum absolute atomic E-state index is 0.159. The highest BCUT2D eigenvalue weighted by Gasteiger charge is 2.24. The molecule has 0 bridgehead atoms. The van der Waals surface area contributed by atoms with Gasteiger partial charge < -0.3 is 9.88 Å². The normalized spacial score (nSPS) is 11.9. The van der Waals surface area contributed by atoms with Crippen LogP contribution in [0.25, 0.3) is 5.69 Å². The molecule has 2 heterocycles. The maximum absolute atomic E-state index is 12.2. The van der Waals surface area contributed by atoms with Crippen molar-refractivity contribution in [2.45, 2.75) is 13.0 Å². The molecule has 0 radical (unpaired) electrons. The van der Waals surface area contributed by atoms with Crippen molar-refractivity contribution in [3.63, 3.8) is 0 Å². The predicted octanol–water partition coefficient (Wildman–Crippen LogP) is 2.60. The number of carbonyl (C=O) groups is 1. The van der Waals surface area contributed by atoms with E-state index in [0.717, 1.165) is 17.4 Å². The summed E-state index contributed by atoms with van der Waals surface area (Å²) in [5.74, 6) is -0.571. The van der Waals surface area contributed by atoms with Crippen LogP contribution in [-0.2, 0) is 0 Å². The predicted molar refractivity (Wildman–Crippen MR) is 86.9 cm³/mol. The van der Waals surface area contributed by atoms with Gasteiger partial charge in [0.25, 0.3) is 5.91 Å². The summed E-state index contributed by atoms with van der Waals surface area (Å²) in [7, 11) is 0. The van der Waals surface area contributed by atoms with E-state index < -0.39 is 10.8 Å². The van der Waals surface area contributed by atoms with Crippen molar-refractivity contribution in [1.82, 2.24) is 20.1 Å². The van der Waals surface area contributed by atoms with Crippen LogP contribution in [0.1, 0.15) is 29.0 Å². The van der Waals surface area contributed by atoms with Crippen LogP contribution in [0.15, 0.2) is 55.0 Å². The summed E-state index contributed by atoms with van der Waals surface area (Å²) in [6, 6.07) is 11.2. The molecule has 0 spiro atoms. The van der Waals surface area contributed by atoms with E-state index in [1.54, 1.807) is 0 Å². The molecule has 0 aliphatic carbocycles. The molecule has 3 aromatic rings. The lowest BCUT2D eigenvalue weighted by Gasteiger charge is -2.15. The molecule has 0 aliphatic rings. The number of amides is 1. The Bertz CT molecular complexity index is 869. The Hall–Kier alpha value is -3.42. The molecule has 1 aromatic carbocycles. The molecule has 0 fully saturated rings. The number of carbonyl (C=O) groups excluding carboxylic acids is 1. The van der Waals surface area contributed by atoms with Gasteiger partial charge in [0.1, 0.15) is 6.20 Å². The number of hydrogen-bond donors (Lipinski definition) is 2. The van der Waals surface area contributed by atoms with Gasteiger partial charge in [0.2, 0.25) is 5.69 Å². The van der Waals surface area contributed by atoms with Crippen LogP contribution >= 0.6 is 0 Å². The van der Waals surface area contributed by atoms with Crippen LogP contribution in [0.2, 0.25) is 0 Å². The summed E-state index contributed by atoms with van der Waals surface area (Å²) in [5, 5.41) is 19.6. The van der Waals surface area contributed by atoms with Crippen molar-refractivity contribution in [3.05, 3.63) is 76.4 Å². The van der Waals surface area contributed by atoms with E-state index in [2.05, 4.69) is 15.5 Å². The molecule has 0 saturated heterocycles. The maximum Gasteiger partial charge on any atom is 0.319 e. The van der Waals surface area contributed by atoms with Gasteiger partial charge in [0.15, 0.2) is 0 Å². The van der Waals surface area contributed by atoms with E-state index in [-0.39, 0.29) is 17.4 Å². The second-order valence-electron chi connectivity index (χ2n) is 5.27. The molecule has 2 N–H and O–H groups in total. The highest BCUT2D eigenvalue weighted by molar-refractivity contribution is 5.96. The van der Waals surface area contributed by atoms with Gasteiger partial charge in [-0.3, -0.25) is 20.0 Å². The van der Waals surface area contributed by atoms with Crippen molar-refractivity contribution in [2.75, 3.05) is 0 Å². The topological polar surface area (TPSA) is 106 Å². The van der Waals surface area contributed by atoms with Crippen molar-refractivity contribution in [1.29, 1.82) is 0 Å². The number of aromatic amines is 1. The average molecular weight is 325 g/mol. The fourth-order valence-electron chi connectivity index (χ4n) is 2.40. The highest BCUT2D eigenvalue weighted by Crippen LogP contribution is 2.19. The zero-order chi connectivity index (χ0) is 17.1. The summed E-state index contributed by atoms with van der Waals surface area (Å²) >= 11 is 0. The summed E-state index contributed by atoms with van der Waals surface area (Å²) < 4.78 is 1.96. The lowest BCUT2D eigenvalue weighted by molar-refractivity contribution is -0.385. The lowest BCUT2D eigenvalue weighted by atomic mass is 10.1. The number of nitrogens with zero attached hydrogens (tertiary/aromatic N) is 3. The molecule has 1 atom stereocenters. The van der Waals surface area contributed by atoms with Gasteiger partial charge in [-0.1, -0.05) is 12.1 Å². The van der Waals surface area contributed by atoms with Gasteiger partial charge in [-0.2, -0.15) is 5.10 Å². The summed E-state index contributed by atoms with van der Waals surface area (Å²) in [5.41, 5.74) is 1.34. The van der Waals surface area contributed by atoms with Gasteiger partial charge >= 0.3 is 5.69 Å². The third-order valence-corrected chi connectivity index (χ3v) is 3.66. The van der Waals surface area contributed by atoms with E-state index in [0.29, 0.717) is 0 Å². The summed E-state index contributed by atoms with van der Waals surface area (Å²) in [6.07, 6.45) is 4.87. The minimum atomic E-state index is -0.643. The van der Waals surface area contributed by atoms with Crippen LogP contribution < -0.4 is 5.32 Å². The monoisotopic (exact) mass is 325 g/mol. The molecule has 122 valence electrons. The van der Waals surface area contributed by atoms with Gasteiger partial charge in [0.05, 0.1) is 11.0 Å². The Morgan fingerprint density at radius 2 is 2.08 bits per heavy atom. The Balaban J connectivity index is 1.79. The van der Waals surface area contributed by atoms with Crippen molar-refractivity contribution in [2.24, 2.45) is 0 Å². The van der Waals surface area contributed by atoms with Crippen molar-refractivity contribution in [3.8, 4) is 5.69 Å². The molecule has 3 rings (SSSR count). The smallest absolute Gasteiger partial charge is 0.319 e. The van der Waals surface area contributed by atoms with E-state index in [9.17, 15) is 14.9 Å². The number of hydrogen-bond acceptors (Lipinski definition) is 4. The Kier molecular flexibility index (Phi) is 4.11. The molecule has 24 heavy (non-hydrogen) atoms. The molecule has 0 aliphatic heterocycles. The second-order valence-corrected chi connectivity index (χ2v) is 5.27. The van der Waals surface area contributed by atoms with Crippen LogP contribution in [0.5, 0.6) is 0 Å². The fourth-order valence-corrected chi connectivity index (χ4v) is 2.40. The quantitative estimate of drug-likeness (QED) is 0.555.